The number of carbonyl (C=O) groups excluding carboxylic acids is 2. The second-order valence-electron chi connectivity index (χ2n) is 5.43. The molecule has 1 aliphatic rings. The zero-order chi connectivity index (χ0) is 14.3. The highest BCUT2D eigenvalue weighted by atomic mass is 16.5. The molecule has 1 atom stereocenters. The molecule has 1 saturated heterocycles. The minimum Gasteiger partial charge on any atom is -0.469 e. The molecule has 1 heterocycles. The number of nitrogens with one attached hydrogen (secondary N) is 1. The molecule has 110 valence electrons. The molecule has 1 aliphatic heterocycles. The van der Waals surface area contributed by atoms with E-state index in [0.29, 0.717) is 18.9 Å². The van der Waals surface area contributed by atoms with Gasteiger partial charge >= 0.3 is 5.97 Å². The van der Waals surface area contributed by atoms with Crippen LogP contribution in [0.3, 0.4) is 0 Å². The van der Waals surface area contributed by atoms with E-state index in [1.807, 2.05) is 0 Å². The molecule has 0 aromatic rings. The fourth-order valence-electron chi connectivity index (χ4n) is 2.48. The Morgan fingerprint density at radius 1 is 1.37 bits per heavy atom. The number of hydrogen-bond acceptors (Lipinski definition) is 4. The summed E-state index contributed by atoms with van der Waals surface area (Å²) in [7, 11) is 3.13. The van der Waals surface area contributed by atoms with Crippen LogP contribution in [0.4, 0.5) is 0 Å². The van der Waals surface area contributed by atoms with Gasteiger partial charge in [0.1, 0.15) is 0 Å². The van der Waals surface area contributed by atoms with Crippen LogP contribution in [-0.4, -0.2) is 50.6 Å². The standard InChI is InChI=1S/C14H26N2O3/c1-11(14(18)19-3)10-16(2)13(17)5-4-12-6-8-15-9-7-12/h11-12,15H,4-10H2,1-3H3. The van der Waals surface area contributed by atoms with Crippen molar-refractivity contribution in [3.8, 4) is 0 Å². The second kappa shape index (κ2) is 8.15. The third-order valence-corrected chi connectivity index (χ3v) is 3.80. The van der Waals surface area contributed by atoms with E-state index in [-0.39, 0.29) is 17.8 Å². The average molecular weight is 270 g/mol. The fourth-order valence-corrected chi connectivity index (χ4v) is 2.48. The predicted molar refractivity (Wildman–Crippen MR) is 73.6 cm³/mol. The first-order valence-electron chi connectivity index (χ1n) is 7.07. The van der Waals surface area contributed by atoms with Crippen molar-refractivity contribution in [2.24, 2.45) is 11.8 Å². The molecular formula is C14H26N2O3. The molecule has 0 bridgehead atoms. The molecule has 0 aliphatic carbocycles. The Morgan fingerprint density at radius 2 is 2.00 bits per heavy atom. The molecule has 0 aromatic carbocycles. The monoisotopic (exact) mass is 270 g/mol. The van der Waals surface area contributed by atoms with Crippen molar-refractivity contribution >= 4 is 11.9 Å². The Bertz CT molecular complexity index is 301. The maximum absolute atomic E-state index is 12.0. The number of rotatable bonds is 6. The molecule has 5 heteroatoms. The second-order valence-corrected chi connectivity index (χ2v) is 5.43. The lowest BCUT2D eigenvalue weighted by Crippen LogP contribution is -2.34. The van der Waals surface area contributed by atoms with Gasteiger partial charge < -0.3 is 15.0 Å². The first kappa shape index (κ1) is 16.0. The number of amides is 1. The van der Waals surface area contributed by atoms with E-state index in [9.17, 15) is 9.59 Å². The van der Waals surface area contributed by atoms with Gasteiger partial charge in [-0.2, -0.15) is 0 Å². The van der Waals surface area contributed by atoms with Crippen molar-refractivity contribution in [2.75, 3.05) is 33.8 Å². The van der Waals surface area contributed by atoms with Crippen molar-refractivity contribution in [1.29, 1.82) is 0 Å². The van der Waals surface area contributed by atoms with Gasteiger partial charge in [-0.25, -0.2) is 0 Å². The van der Waals surface area contributed by atoms with Crippen LogP contribution in [0.15, 0.2) is 0 Å². The van der Waals surface area contributed by atoms with Crippen LogP contribution in [0.25, 0.3) is 0 Å². The van der Waals surface area contributed by atoms with E-state index in [0.717, 1.165) is 32.4 Å². The lowest BCUT2D eigenvalue weighted by molar-refractivity contribution is -0.146. The Kier molecular flexibility index (Phi) is 6.84. The van der Waals surface area contributed by atoms with Crippen LogP contribution in [-0.2, 0) is 14.3 Å². The zero-order valence-electron chi connectivity index (χ0n) is 12.3. The van der Waals surface area contributed by atoms with E-state index in [1.54, 1.807) is 18.9 Å². The molecular weight excluding hydrogens is 244 g/mol. The molecule has 0 saturated carbocycles. The lowest BCUT2D eigenvalue weighted by Gasteiger charge is -2.24. The molecule has 1 amide bonds. The first-order chi connectivity index (χ1) is 9.04. The average Bonchev–Trinajstić information content (AvgIpc) is 2.44. The minimum absolute atomic E-state index is 0.120. The number of methoxy groups -OCH3 is 1. The van der Waals surface area contributed by atoms with E-state index < -0.39 is 0 Å². The molecule has 1 rings (SSSR count). The highest BCUT2D eigenvalue weighted by molar-refractivity contribution is 5.77. The normalized spacial score (nSPS) is 17.8. The van der Waals surface area contributed by atoms with E-state index in [1.165, 1.54) is 7.11 Å². The first-order valence-corrected chi connectivity index (χ1v) is 7.07. The maximum atomic E-state index is 12.0. The fraction of sp³-hybridized carbons (Fsp3) is 0.857. The molecule has 1 fully saturated rings. The minimum atomic E-state index is -0.266. The SMILES string of the molecule is COC(=O)C(C)CN(C)C(=O)CCC1CCNCC1. The number of carbonyl (C=O) groups is 2. The number of piperidine rings is 1. The van der Waals surface area contributed by atoms with E-state index in [4.69, 9.17) is 0 Å². The van der Waals surface area contributed by atoms with Crippen LogP contribution in [0, 0.1) is 11.8 Å². The van der Waals surface area contributed by atoms with Gasteiger partial charge in [-0.15, -0.1) is 0 Å². The number of ether oxygens (including phenoxy) is 1. The number of esters is 1. The van der Waals surface area contributed by atoms with Crippen LogP contribution < -0.4 is 5.32 Å². The van der Waals surface area contributed by atoms with Crippen molar-refractivity contribution in [2.45, 2.75) is 32.6 Å². The van der Waals surface area contributed by atoms with E-state index >= 15 is 0 Å². The van der Waals surface area contributed by atoms with Gasteiger partial charge in [0.05, 0.1) is 13.0 Å². The molecule has 1 N–H and O–H groups in total. The molecule has 0 radical (unpaired) electrons. The summed E-state index contributed by atoms with van der Waals surface area (Å²) >= 11 is 0. The third-order valence-electron chi connectivity index (χ3n) is 3.80. The summed E-state index contributed by atoms with van der Waals surface area (Å²) in [5, 5.41) is 3.32. The van der Waals surface area contributed by atoms with Crippen LogP contribution >= 0.6 is 0 Å². The van der Waals surface area contributed by atoms with Crippen LogP contribution in [0.1, 0.15) is 32.6 Å². The number of nitrogens with zero attached hydrogens (tertiary/aromatic N) is 1. The Balaban J connectivity index is 2.25. The number of hydrogen-bond donors (Lipinski definition) is 1. The van der Waals surface area contributed by atoms with Gasteiger partial charge in [0.2, 0.25) is 5.91 Å². The third kappa shape index (κ3) is 5.59. The van der Waals surface area contributed by atoms with Crippen molar-refractivity contribution in [3.63, 3.8) is 0 Å². The maximum Gasteiger partial charge on any atom is 0.310 e. The molecule has 5 nitrogen and oxygen atoms in total. The molecule has 19 heavy (non-hydrogen) atoms. The summed E-state index contributed by atoms with van der Waals surface area (Å²) in [5.41, 5.74) is 0. The summed E-state index contributed by atoms with van der Waals surface area (Å²) < 4.78 is 4.66. The quantitative estimate of drug-likeness (QED) is 0.733. The summed E-state index contributed by atoms with van der Waals surface area (Å²) in [6, 6.07) is 0. The zero-order valence-corrected chi connectivity index (χ0v) is 12.3. The van der Waals surface area contributed by atoms with Gasteiger partial charge in [-0.05, 0) is 38.3 Å². The van der Waals surface area contributed by atoms with Crippen LogP contribution in [0.2, 0.25) is 0 Å². The van der Waals surface area contributed by atoms with Gasteiger partial charge in [0.15, 0.2) is 0 Å². The van der Waals surface area contributed by atoms with Crippen LogP contribution in [0.5, 0.6) is 0 Å². The van der Waals surface area contributed by atoms with Gasteiger partial charge in [0, 0.05) is 20.0 Å². The van der Waals surface area contributed by atoms with Crippen molar-refractivity contribution < 1.29 is 14.3 Å². The van der Waals surface area contributed by atoms with Crippen molar-refractivity contribution in [1.82, 2.24) is 10.2 Å². The van der Waals surface area contributed by atoms with Crippen molar-refractivity contribution in [3.05, 3.63) is 0 Å². The summed E-state index contributed by atoms with van der Waals surface area (Å²) in [6.07, 6.45) is 3.86. The Hall–Kier alpha value is -1.10. The molecule has 1 unspecified atom stereocenters. The largest absolute Gasteiger partial charge is 0.469 e. The lowest BCUT2D eigenvalue weighted by atomic mass is 9.93. The highest BCUT2D eigenvalue weighted by Crippen LogP contribution is 2.18. The van der Waals surface area contributed by atoms with Gasteiger partial charge in [-0.3, -0.25) is 9.59 Å². The summed E-state index contributed by atoms with van der Waals surface area (Å²) in [4.78, 5) is 24.9. The molecule has 0 aromatic heterocycles. The summed E-state index contributed by atoms with van der Waals surface area (Å²) in [5.74, 6) is 0.252. The van der Waals surface area contributed by atoms with E-state index in [2.05, 4.69) is 10.1 Å². The van der Waals surface area contributed by atoms with Gasteiger partial charge in [-0.1, -0.05) is 6.92 Å². The topological polar surface area (TPSA) is 58.6 Å². The van der Waals surface area contributed by atoms with Gasteiger partial charge in [0.25, 0.3) is 0 Å². The highest BCUT2D eigenvalue weighted by Gasteiger charge is 2.20. The smallest absolute Gasteiger partial charge is 0.310 e. The summed E-state index contributed by atoms with van der Waals surface area (Å²) in [6.45, 7) is 4.34. The molecule has 0 spiro atoms. The predicted octanol–water partition coefficient (Wildman–Crippen LogP) is 1.03. The Morgan fingerprint density at radius 3 is 2.58 bits per heavy atom. The Labute approximate surface area is 115 Å².